The van der Waals surface area contributed by atoms with Crippen LogP contribution in [-0.4, -0.2) is 13.1 Å². The van der Waals surface area contributed by atoms with Gasteiger partial charge < -0.3 is 5.32 Å². The summed E-state index contributed by atoms with van der Waals surface area (Å²) < 4.78 is 0. The number of hydrogen-bond acceptors (Lipinski definition) is 1. The molecule has 1 heterocycles. The fourth-order valence-electron chi connectivity index (χ4n) is 3.54. The van der Waals surface area contributed by atoms with E-state index in [1.165, 1.54) is 90.1 Å². The molecule has 0 amide bonds. The zero-order valence-electron chi connectivity index (χ0n) is 13.6. The Bertz CT molecular complexity index is 184. The van der Waals surface area contributed by atoms with Crippen molar-refractivity contribution in [3.05, 3.63) is 0 Å². The molecule has 1 N–H and O–H groups in total. The number of rotatable bonds is 12. The highest BCUT2D eigenvalue weighted by molar-refractivity contribution is 4.78. The molecule has 1 nitrogen and oxygen atoms in total. The Kier molecular flexibility index (Phi) is 10.5. The Hall–Kier alpha value is -0.0400. The lowest BCUT2D eigenvalue weighted by Crippen LogP contribution is -2.18. The lowest BCUT2D eigenvalue weighted by atomic mass is 9.83. The average molecular weight is 268 g/mol. The quantitative estimate of drug-likeness (QED) is 0.458. The Morgan fingerprint density at radius 2 is 1.42 bits per heavy atom. The summed E-state index contributed by atoms with van der Waals surface area (Å²) in [7, 11) is 0. The van der Waals surface area contributed by atoms with E-state index in [0.29, 0.717) is 0 Å². The third-order valence-corrected chi connectivity index (χ3v) is 4.87. The first kappa shape index (κ1) is 17.0. The minimum Gasteiger partial charge on any atom is -0.316 e. The van der Waals surface area contributed by atoms with Crippen LogP contribution in [0.25, 0.3) is 0 Å². The fraction of sp³-hybridized carbons (Fsp3) is 1.00. The standard InChI is InChI=1S/C18H37N/c1-3-5-7-9-11-13-17(12-10-8-6-4-2)18-14-15-19-16-18/h17-19H,3-16H2,1-2H3. The van der Waals surface area contributed by atoms with Gasteiger partial charge in [0.05, 0.1) is 0 Å². The van der Waals surface area contributed by atoms with Gasteiger partial charge in [-0.3, -0.25) is 0 Å². The summed E-state index contributed by atoms with van der Waals surface area (Å²) in [4.78, 5) is 0. The molecule has 0 aromatic carbocycles. The summed E-state index contributed by atoms with van der Waals surface area (Å²) in [6.07, 6.45) is 17.4. The van der Waals surface area contributed by atoms with Crippen LogP contribution in [0.4, 0.5) is 0 Å². The van der Waals surface area contributed by atoms with E-state index in [1.54, 1.807) is 0 Å². The lowest BCUT2D eigenvalue weighted by Gasteiger charge is -2.23. The molecule has 1 heteroatoms. The molecule has 0 bridgehead atoms. The van der Waals surface area contributed by atoms with Crippen molar-refractivity contribution in [2.24, 2.45) is 11.8 Å². The minimum absolute atomic E-state index is 0.993. The van der Waals surface area contributed by atoms with E-state index in [9.17, 15) is 0 Å². The van der Waals surface area contributed by atoms with Crippen molar-refractivity contribution in [3.63, 3.8) is 0 Å². The summed E-state index contributed by atoms with van der Waals surface area (Å²) in [6.45, 7) is 7.19. The van der Waals surface area contributed by atoms with Gasteiger partial charge in [0, 0.05) is 0 Å². The number of hydrogen-bond donors (Lipinski definition) is 1. The fourth-order valence-corrected chi connectivity index (χ4v) is 3.54. The molecule has 0 aliphatic carbocycles. The molecule has 1 aliphatic rings. The predicted molar refractivity (Wildman–Crippen MR) is 86.6 cm³/mol. The van der Waals surface area contributed by atoms with Gasteiger partial charge in [-0.25, -0.2) is 0 Å². The topological polar surface area (TPSA) is 12.0 Å². The average Bonchev–Trinajstić information content (AvgIpc) is 2.95. The van der Waals surface area contributed by atoms with Gasteiger partial charge in [-0.2, -0.15) is 0 Å². The Morgan fingerprint density at radius 1 is 0.842 bits per heavy atom. The van der Waals surface area contributed by atoms with Crippen LogP contribution in [-0.2, 0) is 0 Å². The third-order valence-electron chi connectivity index (χ3n) is 4.87. The van der Waals surface area contributed by atoms with Gasteiger partial charge in [-0.05, 0) is 31.3 Å². The van der Waals surface area contributed by atoms with Crippen molar-refractivity contribution in [2.45, 2.75) is 90.9 Å². The molecular formula is C18H37N. The van der Waals surface area contributed by atoms with Crippen LogP contribution in [0.15, 0.2) is 0 Å². The van der Waals surface area contributed by atoms with Gasteiger partial charge in [0.1, 0.15) is 0 Å². The molecule has 1 rings (SSSR count). The second-order valence-corrected chi connectivity index (χ2v) is 6.57. The van der Waals surface area contributed by atoms with E-state index in [4.69, 9.17) is 0 Å². The van der Waals surface area contributed by atoms with Gasteiger partial charge in [0.25, 0.3) is 0 Å². The zero-order valence-corrected chi connectivity index (χ0v) is 13.6. The number of unbranched alkanes of at least 4 members (excludes halogenated alkanes) is 7. The van der Waals surface area contributed by atoms with Crippen LogP contribution in [0.5, 0.6) is 0 Å². The highest BCUT2D eigenvalue weighted by Crippen LogP contribution is 2.29. The first-order chi connectivity index (χ1) is 9.38. The summed E-state index contributed by atoms with van der Waals surface area (Å²) >= 11 is 0. The monoisotopic (exact) mass is 267 g/mol. The van der Waals surface area contributed by atoms with E-state index >= 15 is 0 Å². The molecule has 0 radical (unpaired) electrons. The van der Waals surface area contributed by atoms with Gasteiger partial charge >= 0.3 is 0 Å². The van der Waals surface area contributed by atoms with E-state index in [1.807, 2.05) is 0 Å². The minimum atomic E-state index is 0.993. The van der Waals surface area contributed by atoms with Crippen LogP contribution in [0.1, 0.15) is 90.9 Å². The first-order valence-corrected chi connectivity index (χ1v) is 9.09. The van der Waals surface area contributed by atoms with Crippen molar-refractivity contribution in [2.75, 3.05) is 13.1 Å². The van der Waals surface area contributed by atoms with Crippen molar-refractivity contribution < 1.29 is 0 Å². The van der Waals surface area contributed by atoms with Crippen molar-refractivity contribution in [1.29, 1.82) is 0 Å². The molecule has 1 saturated heterocycles. The van der Waals surface area contributed by atoms with Gasteiger partial charge in [0.2, 0.25) is 0 Å². The highest BCUT2D eigenvalue weighted by atomic mass is 14.9. The largest absolute Gasteiger partial charge is 0.316 e. The third kappa shape index (κ3) is 7.97. The molecule has 2 atom stereocenters. The van der Waals surface area contributed by atoms with Crippen molar-refractivity contribution in [3.8, 4) is 0 Å². The highest BCUT2D eigenvalue weighted by Gasteiger charge is 2.23. The lowest BCUT2D eigenvalue weighted by molar-refractivity contribution is 0.294. The van der Waals surface area contributed by atoms with Crippen LogP contribution in [0.2, 0.25) is 0 Å². The summed E-state index contributed by atoms with van der Waals surface area (Å²) in [5.41, 5.74) is 0. The van der Waals surface area contributed by atoms with E-state index in [-0.39, 0.29) is 0 Å². The molecule has 0 saturated carbocycles. The molecule has 114 valence electrons. The number of nitrogens with one attached hydrogen (secondary N) is 1. The van der Waals surface area contributed by atoms with Crippen LogP contribution in [0, 0.1) is 11.8 Å². The maximum Gasteiger partial charge on any atom is -0.00174 e. The van der Waals surface area contributed by atoms with E-state index in [0.717, 1.165) is 11.8 Å². The van der Waals surface area contributed by atoms with Crippen LogP contribution < -0.4 is 5.32 Å². The van der Waals surface area contributed by atoms with E-state index < -0.39 is 0 Å². The van der Waals surface area contributed by atoms with Crippen LogP contribution in [0.3, 0.4) is 0 Å². The Labute approximate surface area is 121 Å². The van der Waals surface area contributed by atoms with Gasteiger partial charge in [0.15, 0.2) is 0 Å². The summed E-state index contributed by atoms with van der Waals surface area (Å²) in [6, 6.07) is 0. The molecule has 2 unspecified atom stereocenters. The molecule has 0 spiro atoms. The predicted octanol–water partition coefficient (Wildman–Crippen LogP) is 5.54. The second-order valence-electron chi connectivity index (χ2n) is 6.57. The van der Waals surface area contributed by atoms with Crippen molar-refractivity contribution in [1.82, 2.24) is 5.32 Å². The summed E-state index contributed by atoms with van der Waals surface area (Å²) in [5.74, 6) is 2.02. The Morgan fingerprint density at radius 3 is 1.95 bits per heavy atom. The molecular weight excluding hydrogens is 230 g/mol. The van der Waals surface area contributed by atoms with Gasteiger partial charge in [-0.1, -0.05) is 84.5 Å². The van der Waals surface area contributed by atoms with E-state index in [2.05, 4.69) is 19.2 Å². The summed E-state index contributed by atoms with van der Waals surface area (Å²) in [5, 5.41) is 3.57. The Balaban J connectivity index is 2.16. The van der Waals surface area contributed by atoms with Crippen LogP contribution >= 0.6 is 0 Å². The smallest absolute Gasteiger partial charge is 0.00174 e. The normalized spacial score (nSPS) is 20.8. The molecule has 0 aromatic heterocycles. The van der Waals surface area contributed by atoms with Gasteiger partial charge in [-0.15, -0.1) is 0 Å². The molecule has 1 fully saturated rings. The SMILES string of the molecule is CCCCCCCC(CCCCCC)C1CCNC1. The molecule has 1 aliphatic heterocycles. The maximum atomic E-state index is 3.57. The first-order valence-electron chi connectivity index (χ1n) is 9.09. The van der Waals surface area contributed by atoms with Crippen molar-refractivity contribution >= 4 is 0 Å². The molecule has 19 heavy (non-hydrogen) atoms. The second kappa shape index (κ2) is 11.8. The zero-order chi connectivity index (χ0) is 13.8. The maximum absolute atomic E-state index is 3.57. The molecule has 0 aromatic rings.